The Labute approximate surface area is 132 Å². The van der Waals surface area contributed by atoms with Crippen LogP contribution >= 0.6 is 0 Å². The Morgan fingerprint density at radius 1 is 1.14 bits per heavy atom. The number of nitrogens with zero attached hydrogens (tertiary/aromatic N) is 2. The van der Waals surface area contributed by atoms with Crippen LogP contribution in [0, 0.1) is 11.8 Å². The van der Waals surface area contributed by atoms with Gasteiger partial charge in [-0.1, -0.05) is 13.8 Å². The first-order valence-corrected chi connectivity index (χ1v) is 8.94. The van der Waals surface area contributed by atoms with E-state index in [1.54, 1.807) is 0 Å². The van der Waals surface area contributed by atoms with Crippen molar-refractivity contribution in [2.75, 3.05) is 34.7 Å². The Hall–Kier alpha value is -0.120. The molecule has 0 aromatic rings. The van der Waals surface area contributed by atoms with E-state index in [-0.39, 0.29) is 0 Å². The van der Waals surface area contributed by atoms with E-state index in [0.29, 0.717) is 17.6 Å². The molecule has 3 heteroatoms. The van der Waals surface area contributed by atoms with E-state index in [4.69, 9.17) is 0 Å². The molecule has 3 atom stereocenters. The number of likely N-dealkylation sites (N-methyl/N-ethyl adjacent to an activating group) is 3. The number of hydrogen-bond donors (Lipinski definition) is 1. The van der Waals surface area contributed by atoms with Crippen LogP contribution in [0.2, 0.25) is 0 Å². The summed E-state index contributed by atoms with van der Waals surface area (Å²) < 4.78 is 0. The lowest BCUT2D eigenvalue weighted by Crippen LogP contribution is -2.61. The van der Waals surface area contributed by atoms with Gasteiger partial charge in [-0.2, -0.15) is 0 Å². The van der Waals surface area contributed by atoms with Crippen LogP contribution in [0.25, 0.3) is 0 Å². The minimum Gasteiger partial charge on any atom is -0.315 e. The summed E-state index contributed by atoms with van der Waals surface area (Å²) >= 11 is 0. The van der Waals surface area contributed by atoms with Crippen LogP contribution in [0.5, 0.6) is 0 Å². The van der Waals surface area contributed by atoms with Gasteiger partial charge in [0.05, 0.1) is 0 Å². The second-order valence-corrected chi connectivity index (χ2v) is 8.17. The molecule has 2 rings (SSSR count). The Balaban J connectivity index is 2.02. The van der Waals surface area contributed by atoms with Crippen LogP contribution in [0.1, 0.15) is 52.4 Å². The maximum Gasteiger partial charge on any atom is 0.0330 e. The van der Waals surface area contributed by atoms with Crippen LogP contribution in [0.4, 0.5) is 0 Å². The van der Waals surface area contributed by atoms with E-state index in [1.165, 1.54) is 45.1 Å². The third kappa shape index (κ3) is 3.62. The quantitative estimate of drug-likeness (QED) is 0.813. The maximum absolute atomic E-state index is 3.59. The summed E-state index contributed by atoms with van der Waals surface area (Å²) in [6, 6.07) is 1.37. The summed E-state index contributed by atoms with van der Waals surface area (Å²) in [4.78, 5) is 5.15. The second kappa shape index (κ2) is 6.97. The summed E-state index contributed by atoms with van der Waals surface area (Å²) in [5.41, 5.74) is 0.442. The summed E-state index contributed by atoms with van der Waals surface area (Å²) in [5, 5.41) is 3.59. The highest BCUT2D eigenvalue weighted by Crippen LogP contribution is 2.39. The summed E-state index contributed by atoms with van der Waals surface area (Å²) in [6.07, 6.45) is 8.24. The fraction of sp³-hybridized carbons (Fsp3) is 1.00. The molecule has 0 aromatic carbocycles. The molecule has 0 radical (unpaired) electrons. The zero-order chi connectivity index (χ0) is 15.6. The first kappa shape index (κ1) is 17.2. The maximum atomic E-state index is 3.59. The standard InChI is InChI=1S/C18H37N3/c1-14(2)15-8-9-16(19-3)17(12-15)21(6)13-18(20(4)5)10-7-11-18/h14-17,19H,7-13H2,1-6H3. The van der Waals surface area contributed by atoms with Crippen molar-refractivity contribution in [2.24, 2.45) is 11.8 Å². The van der Waals surface area contributed by atoms with Gasteiger partial charge < -0.3 is 15.1 Å². The third-order valence-electron chi connectivity index (χ3n) is 6.51. The molecule has 0 heterocycles. The van der Waals surface area contributed by atoms with Crippen molar-refractivity contribution in [2.45, 2.75) is 70.0 Å². The van der Waals surface area contributed by atoms with Crippen LogP contribution in [0.3, 0.4) is 0 Å². The molecule has 1 N–H and O–H groups in total. The summed E-state index contributed by atoms with van der Waals surface area (Å²) in [5.74, 6) is 1.73. The number of rotatable bonds is 6. The lowest BCUT2D eigenvalue weighted by molar-refractivity contribution is -0.00109. The Bertz CT molecular complexity index is 322. The van der Waals surface area contributed by atoms with Gasteiger partial charge in [0.25, 0.3) is 0 Å². The van der Waals surface area contributed by atoms with Gasteiger partial charge in [0, 0.05) is 24.2 Å². The molecule has 0 spiro atoms. The highest BCUT2D eigenvalue weighted by Gasteiger charge is 2.42. The SMILES string of the molecule is CNC1CCC(C(C)C)CC1N(C)CC1(N(C)C)CCC1. The molecular formula is C18H37N3. The molecule has 3 nitrogen and oxygen atoms in total. The average molecular weight is 296 g/mol. The van der Waals surface area contributed by atoms with E-state index < -0.39 is 0 Å². The summed E-state index contributed by atoms with van der Waals surface area (Å²) in [6.45, 7) is 6.02. The van der Waals surface area contributed by atoms with Gasteiger partial charge >= 0.3 is 0 Å². The van der Waals surface area contributed by atoms with E-state index in [1.807, 2.05) is 0 Å². The fourth-order valence-electron chi connectivity index (χ4n) is 4.52. The topological polar surface area (TPSA) is 18.5 Å². The van der Waals surface area contributed by atoms with Crippen LogP contribution < -0.4 is 5.32 Å². The van der Waals surface area contributed by atoms with Crippen molar-refractivity contribution in [3.05, 3.63) is 0 Å². The van der Waals surface area contributed by atoms with Crippen molar-refractivity contribution < 1.29 is 0 Å². The van der Waals surface area contributed by atoms with E-state index in [9.17, 15) is 0 Å². The van der Waals surface area contributed by atoms with Crippen molar-refractivity contribution in [1.82, 2.24) is 15.1 Å². The largest absolute Gasteiger partial charge is 0.315 e. The lowest BCUT2D eigenvalue weighted by Gasteiger charge is -2.52. The second-order valence-electron chi connectivity index (χ2n) is 8.17. The highest BCUT2D eigenvalue weighted by molar-refractivity contribution is 5.00. The third-order valence-corrected chi connectivity index (χ3v) is 6.51. The van der Waals surface area contributed by atoms with E-state index in [2.05, 4.69) is 57.2 Å². The van der Waals surface area contributed by atoms with Gasteiger partial charge in [-0.15, -0.1) is 0 Å². The number of hydrogen-bond acceptors (Lipinski definition) is 3. The molecule has 0 aliphatic heterocycles. The van der Waals surface area contributed by atoms with Gasteiger partial charge in [-0.3, -0.25) is 0 Å². The molecule has 0 bridgehead atoms. The summed E-state index contributed by atoms with van der Waals surface area (Å²) in [7, 11) is 9.04. The normalized spacial score (nSPS) is 32.7. The van der Waals surface area contributed by atoms with Crippen molar-refractivity contribution >= 4 is 0 Å². The first-order chi connectivity index (χ1) is 9.89. The molecule has 0 aromatic heterocycles. The van der Waals surface area contributed by atoms with Gasteiger partial charge in [0.2, 0.25) is 0 Å². The fourth-order valence-corrected chi connectivity index (χ4v) is 4.52. The van der Waals surface area contributed by atoms with E-state index >= 15 is 0 Å². The average Bonchev–Trinajstić information content (AvgIpc) is 2.41. The molecule has 21 heavy (non-hydrogen) atoms. The van der Waals surface area contributed by atoms with Crippen molar-refractivity contribution in [3.63, 3.8) is 0 Å². The Kier molecular flexibility index (Phi) is 5.72. The van der Waals surface area contributed by atoms with Gasteiger partial charge in [-0.25, -0.2) is 0 Å². The molecule has 2 saturated carbocycles. The van der Waals surface area contributed by atoms with Crippen molar-refractivity contribution in [1.29, 1.82) is 0 Å². The molecule has 2 fully saturated rings. The lowest BCUT2D eigenvalue weighted by atomic mass is 9.73. The minimum atomic E-state index is 0.442. The molecular weight excluding hydrogens is 258 g/mol. The van der Waals surface area contributed by atoms with Crippen LogP contribution in [-0.2, 0) is 0 Å². The van der Waals surface area contributed by atoms with Gasteiger partial charge in [0.15, 0.2) is 0 Å². The van der Waals surface area contributed by atoms with Crippen LogP contribution in [0.15, 0.2) is 0 Å². The zero-order valence-electron chi connectivity index (χ0n) is 15.2. The predicted octanol–water partition coefficient (Wildman–Crippen LogP) is 2.82. The molecule has 2 aliphatic rings. The molecule has 0 amide bonds. The smallest absolute Gasteiger partial charge is 0.0330 e. The Morgan fingerprint density at radius 2 is 1.81 bits per heavy atom. The molecule has 2 aliphatic carbocycles. The van der Waals surface area contributed by atoms with Gasteiger partial charge in [0.1, 0.15) is 0 Å². The highest BCUT2D eigenvalue weighted by atomic mass is 15.2. The van der Waals surface area contributed by atoms with E-state index in [0.717, 1.165) is 11.8 Å². The molecule has 0 saturated heterocycles. The molecule has 3 unspecified atom stereocenters. The first-order valence-electron chi connectivity index (χ1n) is 8.94. The Morgan fingerprint density at radius 3 is 2.24 bits per heavy atom. The molecule has 124 valence electrons. The monoisotopic (exact) mass is 295 g/mol. The van der Waals surface area contributed by atoms with Gasteiger partial charge in [-0.05, 0) is 78.6 Å². The number of nitrogens with one attached hydrogen (secondary N) is 1. The zero-order valence-corrected chi connectivity index (χ0v) is 15.2. The predicted molar refractivity (Wildman–Crippen MR) is 91.7 cm³/mol. The van der Waals surface area contributed by atoms with Crippen LogP contribution in [-0.4, -0.2) is 62.2 Å². The minimum absolute atomic E-state index is 0.442. The van der Waals surface area contributed by atoms with Crippen molar-refractivity contribution in [3.8, 4) is 0 Å².